The molecule has 0 amide bonds. The van der Waals surface area contributed by atoms with Crippen LogP contribution in [0.2, 0.25) is 0 Å². The van der Waals surface area contributed by atoms with E-state index < -0.39 is 10.4 Å². The predicted molar refractivity (Wildman–Crippen MR) is 65.9 cm³/mol. The van der Waals surface area contributed by atoms with E-state index in [0.717, 1.165) is 12.8 Å². The van der Waals surface area contributed by atoms with E-state index in [4.69, 9.17) is 4.55 Å². The summed E-state index contributed by atoms with van der Waals surface area (Å²) in [6, 6.07) is 0. The molecule has 1 N–H and O–H groups in total. The van der Waals surface area contributed by atoms with Crippen LogP contribution in [-0.2, 0) is 14.6 Å². The second kappa shape index (κ2) is 13.0. The Bertz CT molecular complexity index is 229. The fourth-order valence-corrected chi connectivity index (χ4v) is 1.73. The molecule has 93 valence electrons. The van der Waals surface area contributed by atoms with Crippen molar-refractivity contribution in [3.8, 4) is 0 Å². The quantitative estimate of drug-likeness (QED) is 0.379. The third-order valence-electron chi connectivity index (χ3n) is 2.23. The predicted octanol–water partition coefficient (Wildman–Crippen LogP) is 2.57. The molecule has 6 heteroatoms. The Morgan fingerprint density at radius 1 is 0.938 bits per heavy atom. The summed E-state index contributed by atoms with van der Waals surface area (Å²) in [5.41, 5.74) is 0. The molecule has 0 aliphatic carbocycles. The summed E-state index contributed by atoms with van der Waals surface area (Å²) in [6.07, 6.45) is 9.05. The van der Waals surface area contributed by atoms with Gasteiger partial charge in [-0.05, 0) is 6.42 Å². The summed E-state index contributed by atoms with van der Waals surface area (Å²) in [7, 11) is -4.23. The van der Waals surface area contributed by atoms with Crippen LogP contribution in [0.3, 0.4) is 0 Å². The summed E-state index contributed by atoms with van der Waals surface area (Å²) in [5, 5.41) is 0. The Kier molecular flexibility index (Phi) is 16.1. The van der Waals surface area contributed by atoms with Crippen LogP contribution in [0.1, 0.15) is 58.3 Å². The molecular weight excluding hydrogens is 255 g/mol. The first-order valence-corrected chi connectivity index (χ1v) is 7.04. The van der Waals surface area contributed by atoms with Crippen molar-refractivity contribution >= 4 is 61.8 Å². The maximum atomic E-state index is 10.2. The summed E-state index contributed by atoms with van der Waals surface area (Å²) in [5.74, 6) is 0. The molecule has 0 aromatic carbocycles. The summed E-state index contributed by atoms with van der Waals surface area (Å²) < 4.78 is 32.8. The van der Waals surface area contributed by atoms with Crippen molar-refractivity contribution in [2.75, 3.05) is 6.61 Å². The number of hydrogen-bond acceptors (Lipinski definition) is 3. The first-order valence-electron chi connectivity index (χ1n) is 5.68. The van der Waals surface area contributed by atoms with Crippen molar-refractivity contribution in [1.82, 2.24) is 0 Å². The monoisotopic (exact) mass is 277 g/mol. The van der Waals surface area contributed by atoms with Gasteiger partial charge in [0.1, 0.15) is 0 Å². The molecule has 0 spiro atoms. The van der Waals surface area contributed by atoms with Gasteiger partial charge < -0.3 is 0 Å². The zero-order valence-corrected chi connectivity index (χ0v) is 14.4. The molecule has 4 nitrogen and oxygen atoms in total. The van der Waals surface area contributed by atoms with Gasteiger partial charge in [0.05, 0.1) is 6.61 Å². The minimum absolute atomic E-state index is 0. The van der Waals surface area contributed by atoms with Crippen LogP contribution < -0.4 is 0 Å². The fourth-order valence-electron chi connectivity index (χ4n) is 1.40. The Labute approximate surface area is 142 Å². The largest absolute Gasteiger partial charge is 0.397 e. The molecule has 0 aliphatic heterocycles. The van der Waals surface area contributed by atoms with E-state index in [1.54, 1.807) is 0 Å². The van der Waals surface area contributed by atoms with Crippen LogP contribution in [0.15, 0.2) is 0 Å². The normalized spacial score (nSPS) is 11.1. The topological polar surface area (TPSA) is 63.6 Å². The molecule has 0 aromatic heterocycles. The second-order valence-electron chi connectivity index (χ2n) is 3.72. The average molecular weight is 277 g/mol. The first-order chi connectivity index (χ1) is 7.06. The van der Waals surface area contributed by atoms with Gasteiger partial charge in [-0.2, -0.15) is 8.42 Å². The van der Waals surface area contributed by atoms with Crippen molar-refractivity contribution in [2.45, 2.75) is 58.3 Å². The fraction of sp³-hybridized carbons (Fsp3) is 1.00. The second-order valence-corrected chi connectivity index (χ2v) is 4.82. The zero-order valence-electron chi connectivity index (χ0n) is 10.4. The number of rotatable bonds is 10. The maximum Gasteiger partial charge on any atom is 0.397 e. The Hall–Kier alpha value is 1.51. The minimum atomic E-state index is -4.23. The molecule has 0 saturated carbocycles. The van der Waals surface area contributed by atoms with Crippen molar-refractivity contribution in [2.24, 2.45) is 0 Å². The van der Waals surface area contributed by atoms with E-state index in [9.17, 15) is 8.42 Å². The number of hydrogen-bond donors (Lipinski definition) is 1. The van der Waals surface area contributed by atoms with Crippen LogP contribution in [-0.4, -0.2) is 71.0 Å². The van der Waals surface area contributed by atoms with Crippen molar-refractivity contribution in [3.63, 3.8) is 0 Å². The van der Waals surface area contributed by atoms with E-state index in [0.29, 0.717) is 6.42 Å². The third-order valence-corrected chi connectivity index (χ3v) is 2.69. The van der Waals surface area contributed by atoms with Gasteiger partial charge in [0, 0.05) is 51.4 Å². The molecular formula is C10H22KO4S. The third kappa shape index (κ3) is 17.9. The minimum Gasteiger partial charge on any atom is -0.264 e. The SMILES string of the molecule is CCCCCCCCCCOS(=O)(=O)O.[K]. The van der Waals surface area contributed by atoms with Crippen LogP contribution >= 0.6 is 0 Å². The van der Waals surface area contributed by atoms with Gasteiger partial charge in [-0.3, -0.25) is 4.55 Å². The van der Waals surface area contributed by atoms with E-state index >= 15 is 0 Å². The summed E-state index contributed by atoms with van der Waals surface area (Å²) in [6.45, 7) is 2.28. The van der Waals surface area contributed by atoms with Crippen LogP contribution in [0.4, 0.5) is 0 Å². The van der Waals surface area contributed by atoms with Gasteiger partial charge >= 0.3 is 10.4 Å². The van der Waals surface area contributed by atoms with Crippen LogP contribution in [0.25, 0.3) is 0 Å². The van der Waals surface area contributed by atoms with E-state index in [1.807, 2.05) is 0 Å². The molecule has 0 rings (SSSR count). The molecule has 0 bridgehead atoms. The van der Waals surface area contributed by atoms with Crippen molar-refractivity contribution in [3.05, 3.63) is 0 Å². The van der Waals surface area contributed by atoms with Gasteiger partial charge in [-0.25, -0.2) is 4.18 Å². The maximum absolute atomic E-state index is 10.2. The molecule has 0 atom stereocenters. The molecule has 0 unspecified atom stereocenters. The van der Waals surface area contributed by atoms with Gasteiger partial charge in [-0.15, -0.1) is 0 Å². The summed E-state index contributed by atoms with van der Waals surface area (Å²) >= 11 is 0. The van der Waals surface area contributed by atoms with Crippen LogP contribution in [0, 0.1) is 0 Å². The molecule has 0 aromatic rings. The zero-order chi connectivity index (χ0) is 11.6. The molecule has 1 radical (unpaired) electrons. The van der Waals surface area contributed by atoms with Gasteiger partial charge in [0.15, 0.2) is 0 Å². The van der Waals surface area contributed by atoms with Gasteiger partial charge in [-0.1, -0.05) is 51.9 Å². The van der Waals surface area contributed by atoms with E-state index in [1.165, 1.54) is 32.1 Å². The Morgan fingerprint density at radius 2 is 1.38 bits per heavy atom. The van der Waals surface area contributed by atoms with Gasteiger partial charge in [0.2, 0.25) is 0 Å². The Balaban J connectivity index is 0. The average Bonchev–Trinajstić information content (AvgIpc) is 2.14. The smallest absolute Gasteiger partial charge is 0.264 e. The van der Waals surface area contributed by atoms with Gasteiger partial charge in [0.25, 0.3) is 0 Å². The standard InChI is InChI=1S/C10H22O4S.K/c1-2-3-4-5-6-7-8-9-10-14-15(11,12)13;/h2-10H2,1H3,(H,11,12,13);. The molecule has 0 heterocycles. The molecule has 0 fully saturated rings. The Morgan fingerprint density at radius 3 is 1.81 bits per heavy atom. The van der Waals surface area contributed by atoms with Crippen molar-refractivity contribution in [1.29, 1.82) is 0 Å². The van der Waals surface area contributed by atoms with Crippen LogP contribution in [0.5, 0.6) is 0 Å². The van der Waals surface area contributed by atoms with E-state index in [-0.39, 0.29) is 58.0 Å². The molecule has 16 heavy (non-hydrogen) atoms. The summed E-state index contributed by atoms with van der Waals surface area (Å²) in [4.78, 5) is 0. The van der Waals surface area contributed by atoms with E-state index in [2.05, 4.69) is 11.1 Å². The number of unbranched alkanes of at least 4 members (excludes halogenated alkanes) is 7. The first kappa shape index (κ1) is 19.8. The van der Waals surface area contributed by atoms with Crippen molar-refractivity contribution < 1.29 is 17.2 Å². The molecule has 0 aliphatic rings. The molecule has 0 saturated heterocycles.